The maximum Gasteiger partial charge on any atom is 0.137 e. The van der Waals surface area contributed by atoms with Crippen LogP contribution in [0.15, 0.2) is 0 Å². The molecule has 0 radical (unpaired) electrons. The molecule has 0 bridgehead atoms. The molecule has 0 amide bonds. The molecule has 5 unspecified atom stereocenters. The topological polar surface area (TPSA) is 34.1 Å². The zero-order valence-corrected chi connectivity index (χ0v) is 14.4. The summed E-state index contributed by atoms with van der Waals surface area (Å²) in [5.74, 6) is 7.21. The molecule has 0 heterocycles. The van der Waals surface area contributed by atoms with Gasteiger partial charge in [0.15, 0.2) is 0 Å². The highest BCUT2D eigenvalue weighted by Crippen LogP contribution is 2.63. The second-order valence-corrected chi connectivity index (χ2v) is 9.05. The fraction of sp³-hybridized carbons (Fsp3) is 0.810. The number of carbonyl (C=O) groups excluding carboxylic acids is 2. The van der Waals surface area contributed by atoms with Crippen molar-refractivity contribution >= 4 is 11.6 Å². The molecule has 4 fully saturated rings. The Balaban J connectivity index is 1.69. The average Bonchev–Trinajstić information content (AvgIpc) is 2.96. The highest BCUT2D eigenvalue weighted by atomic mass is 16.1. The molecule has 4 saturated carbocycles. The van der Waals surface area contributed by atoms with Gasteiger partial charge < -0.3 is 0 Å². The van der Waals surface area contributed by atoms with Crippen LogP contribution in [0, 0.1) is 59.2 Å². The fourth-order valence-corrected chi connectivity index (χ4v) is 7.10. The van der Waals surface area contributed by atoms with Crippen LogP contribution < -0.4 is 0 Å². The van der Waals surface area contributed by atoms with Crippen molar-refractivity contribution in [1.82, 2.24) is 0 Å². The Morgan fingerprint density at radius 3 is 2.70 bits per heavy atom. The highest BCUT2D eigenvalue weighted by Gasteiger charge is 2.60. The Labute approximate surface area is 139 Å². The first-order valence-corrected chi connectivity index (χ1v) is 9.46. The van der Waals surface area contributed by atoms with Crippen molar-refractivity contribution in [2.75, 3.05) is 0 Å². The first-order valence-electron chi connectivity index (χ1n) is 9.46. The van der Waals surface area contributed by atoms with E-state index in [9.17, 15) is 9.59 Å². The summed E-state index contributed by atoms with van der Waals surface area (Å²) in [6.45, 7) is 4.70. The second kappa shape index (κ2) is 5.20. The van der Waals surface area contributed by atoms with Crippen LogP contribution in [0.3, 0.4) is 0 Å². The SMILES string of the molecule is C#C[C@H]1CCC2C3CC(=O)C4CC(=O)CC[C@]4(C)C3C[C@@H](C)C21. The molecule has 8 atom stereocenters. The smallest absolute Gasteiger partial charge is 0.137 e. The summed E-state index contributed by atoms with van der Waals surface area (Å²) < 4.78 is 0. The lowest BCUT2D eigenvalue weighted by Crippen LogP contribution is -2.56. The first-order chi connectivity index (χ1) is 11.0. The van der Waals surface area contributed by atoms with Gasteiger partial charge in [-0.1, -0.05) is 13.8 Å². The van der Waals surface area contributed by atoms with Gasteiger partial charge in [-0.15, -0.1) is 12.3 Å². The van der Waals surface area contributed by atoms with Gasteiger partial charge in [0, 0.05) is 31.1 Å². The molecular weight excluding hydrogens is 284 g/mol. The number of ketones is 2. The lowest BCUT2D eigenvalue weighted by molar-refractivity contribution is -0.156. The summed E-state index contributed by atoms with van der Waals surface area (Å²) in [5, 5.41) is 0. The van der Waals surface area contributed by atoms with Gasteiger partial charge in [0.25, 0.3) is 0 Å². The van der Waals surface area contributed by atoms with Gasteiger partial charge in [-0.2, -0.15) is 0 Å². The Bertz CT molecular complexity index is 585. The van der Waals surface area contributed by atoms with Crippen LogP contribution in [0.5, 0.6) is 0 Å². The van der Waals surface area contributed by atoms with E-state index in [0.29, 0.717) is 66.3 Å². The molecule has 0 spiro atoms. The molecule has 0 N–H and O–H groups in total. The molecule has 0 aromatic carbocycles. The van der Waals surface area contributed by atoms with Crippen molar-refractivity contribution < 1.29 is 9.59 Å². The largest absolute Gasteiger partial charge is 0.300 e. The third kappa shape index (κ3) is 2.08. The van der Waals surface area contributed by atoms with Gasteiger partial charge in [-0.3, -0.25) is 9.59 Å². The number of fused-ring (bicyclic) bond motifs is 5. The van der Waals surface area contributed by atoms with E-state index >= 15 is 0 Å². The monoisotopic (exact) mass is 312 g/mol. The predicted octanol–water partition coefficient (Wildman–Crippen LogP) is 3.88. The van der Waals surface area contributed by atoms with E-state index in [4.69, 9.17) is 6.42 Å². The van der Waals surface area contributed by atoms with Crippen LogP contribution in [-0.2, 0) is 9.59 Å². The summed E-state index contributed by atoms with van der Waals surface area (Å²) >= 11 is 0. The van der Waals surface area contributed by atoms with Crippen LogP contribution >= 0.6 is 0 Å². The molecule has 4 aliphatic rings. The molecule has 2 nitrogen and oxygen atoms in total. The Morgan fingerprint density at radius 1 is 1.17 bits per heavy atom. The van der Waals surface area contributed by atoms with E-state index in [1.165, 1.54) is 12.8 Å². The average molecular weight is 312 g/mol. The third-order valence-electron chi connectivity index (χ3n) is 8.18. The molecule has 0 aromatic rings. The summed E-state index contributed by atoms with van der Waals surface area (Å²) in [4.78, 5) is 24.8. The predicted molar refractivity (Wildman–Crippen MR) is 89.4 cm³/mol. The minimum atomic E-state index is -0.00131. The van der Waals surface area contributed by atoms with Crippen molar-refractivity contribution in [2.24, 2.45) is 46.8 Å². The maximum absolute atomic E-state index is 12.9. The van der Waals surface area contributed by atoms with Crippen molar-refractivity contribution in [3.05, 3.63) is 0 Å². The fourth-order valence-electron chi connectivity index (χ4n) is 7.10. The third-order valence-corrected chi connectivity index (χ3v) is 8.18. The van der Waals surface area contributed by atoms with Crippen LogP contribution in [0.4, 0.5) is 0 Å². The number of hydrogen-bond acceptors (Lipinski definition) is 2. The lowest BCUT2D eigenvalue weighted by atomic mass is 9.45. The number of rotatable bonds is 0. The summed E-state index contributed by atoms with van der Waals surface area (Å²) in [7, 11) is 0. The zero-order valence-electron chi connectivity index (χ0n) is 14.4. The maximum atomic E-state index is 12.9. The van der Waals surface area contributed by atoms with E-state index in [-0.39, 0.29) is 11.3 Å². The second-order valence-electron chi connectivity index (χ2n) is 9.05. The van der Waals surface area contributed by atoms with Crippen LogP contribution in [0.25, 0.3) is 0 Å². The van der Waals surface area contributed by atoms with E-state index in [0.717, 1.165) is 12.8 Å². The van der Waals surface area contributed by atoms with Crippen LogP contribution in [-0.4, -0.2) is 11.6 Å². The first kappa shape index (κ1) is 15.4. The Kier molecular flexibility index (Phi) is 3.49. The van der Waals surface area contributed by atoms with Gasteiger partial charge in [0.05, 0.1) is 0 Å². The molecule has 2 heteroatoms. The van der Waals surface area contributed by atoms with Gasteiger partial charge in [0.2, 0.25) is 0 Å². The molecule has 4 rings (SSSR count). The highest BCUT2D eigenvalue weighted by molar-refractivity contribution is 5.90. The van der Waals surface area contributed by atoms with Crippen molar-refractivity contribution in [2.45, 2.75) is 58.8 Å². The van der Waals surface area contributed by atoms with Crippen molar-refractivity contribution in [3.8, 4) is 12.3 Å². The van der Waals surface area contributed by atoms with Gasteiger partial charge >= 0.3 is 0 Å². The molecule has 0 aromatic heterocycles. The number of hydrogen-bond donors (Lipinski definition) is 0. The normalized spacial score (nSPS) is 52.3. The minimum absolute atomic E-state index is 0.00131. The zero-order chi connectivity index (χ0) is 16.4. The van der Waals surface area contributed by atoms with Crippen molar-refractivity contribution in [3.63, 3.8) is 0 Å². The van der Waals surface area contributed by atoms with Crippen LogP contribution in [0.2, 0.25) is 0 Å². The van der Waals surface area contributed by atoms with Gasteiger partial charge in [-0.25, -0.2) is 0 Å². The molecular formula is C21H28O2. The van der Waals surface area contributed by atoms with E-state index in [1.54, 1.807) is 0 Å². The lowest BCUT2D eigenvalue weighted by Gasteiger charge is -2.58. The molecule has 4 aliphatic carbocycles. The quantitative estimate of drug-likeness (QED) is 0.636. The van der Waals surface area contributed by atoms with Gasteiger partial charge in [0.1, 0.15) is 11.6 Å². The minimum Gasteiger partial charge on any atom is -0.300 e. The Hall–Kier alpha value is -1.10. The molecule has 0 saturated heterocycles. The molecule has 0 aliphatic heterocycles. The summed E-state index contributed by atoms with van der Waals surface area (Å²) in [6.07, 6.45) is 12.2. The van der Waals surface area contributed by atoms with Crippen molar-refractivity contribution in [1.29, 1.82) is 0 Å². The van der Waals surface area contributed by atoms with E-state index in [2.05, 4.69) is 19.8 Å². The van der Waals surface area contributed by atoms with E-state index < -0.39 is 0 Å². The number of Topliss-reactive ketones (excluding diaryl/α,β-unsaturated/α-hetero) is 2. The standard InChI is InChI=1S/C21H28O2/c1-4-13-5-6-15-16-11-19(23)18-10-14(22)7-8-21(18,3)17(16)9-12(2)20(13)15/h1,12-13,15-18,20H,5-11H2,2-3H3/t12-,13+,15?,16?,17?,18?,20?,21-/m1/s1. The van der Waals surface area contributed by atoms with Crippen LogP contribution in [0.1, 0.15) is 58.8 Å². The number of carbonyl (C=O) groups is 2. The Morgan fingerprint density at radius 2 is 1.96 bits per heavy atom. The summed E-state index contributed by atoms with van der Waals surface area (Å²) in [5.41, 5.74) is 0.0569. The number of terminal acetylenes is 1. The molecule has 23 heavy (non-hydrogen) atoms. The summed E-state index contributed by atoms with van der Waals surface area (Å²) in [6, 6.07) is 0. The van der Waals surface area contributed by atoms with E-state index in [1.807, 2.05) is 0 Å². The molecule has 124 valence electrons. The van der Waals surface area contributed by atoms with Gasteiger partial charge in [-0.05, 0) is 60.7 Å².